The molecule has 1 aromatic carbocycles. The molecule has 0 bridgehead atoms. The Balaban J connectivity index is 2.60. The number of carbonyl (C=O) groups is 1. The molecule has 0 fully saturated rings. The van der Waals surface area contributed by atoms with Gasteiger partial charge in [-0.15, -0.1) is 0 Å². The van der Waals surface area contributed by atoms with Crippen molar-refractivity contribution in [2.75, 3.05) is 6.61 Å². The average molecular weight is 224 g/mol. The Morgan fingerprint density at radius 2 is 2.07 bits per heavy atom. The molecule has 0 N–H and O–H groups in total. The fourth-order valence-electron chi connectivity index (χ4n) is 0.941. The molecule has 1 aromatic rings. The first-order valence-corrected chi connectivity index (χ1v) is 5.76. The smallest absolute Gasteiger partial charge is 0.331 e. The molecule has 0 aliphatic heterocycles. The van der Waals surface area contributed by atoms with Gasteiger partial charge in [-0.1, -0.05) is 18.2 Å². The summed E-state index contributed by atoms with van der Waals surface area (Å²) in [5.74, 6) is -0.471. The van der Waals surface area contributed by atoms with Crippen LogP contribution in [0.15, 0.2) is 46.7 Å². The van der Waals surface area contributed by atoms with E-state index in [0.717, 1.165) is 0 Å². The molecular formula is C11H12O3S. The Kier molecular flexibility index (Phi) is 4.77. The van der Waals surface area contributed by atoms with Crippen LogP contribution in [-0.4, -0.2) is 16.8 Å². The lowest BCUT2D eigenvalue weighted by molar-refractivity contribution is -0.137. The first-order valence-electron chi connectivity index (χ1n) is 4.54. The van der Waals surface area contributed by atoms with Crippen molar-refractivity contribution in [1.82, 2.24) is 0 Å². The molecule has 80 valence electrons. The van der Waals surface area contributed by atoms with Crippen LogP contribution in [0.4, 0.5) is 0 Å². The van der Waals surface area contributed by atoms with Crippen LogP contribution in [0.2, 0.25) is 0 Å². The highest BCUT2D eigenvalue weighted by atomic mass is 32.2. The molecule has 1 unspecified atom stereocenters. The van der Waals surface area contributed by atoms with Gasteiger partial charge in [0.25, 0.3) is 0 Å². The molecule has 0 radical (unpaired) electrons. The third kappa shape index (κ3) is 4.08. The van der Waals surface area contributed by atoms with E-state index >= 15 is 0 Å². The quantitative estimate of drug-likeness (QED) is 0.579. The van der Waals surface area contributed by atoms with Gasteiger partial charge in [0, 0.05) is 16.4 Å². The molecule has 0 saturated heterocycles. The van der Waals surface area contributed by atoms with Crippen molar-refractivity contribution in [2.24, 2.45) is 0 Å². The predicted molar refractivity (Wildman–Crippen MR) is 58.6 cm³/mol. The molecule has 0 saturated carbocycles. The van der Waals surface area contributed by atoms with Crippen molar-refractivity contribution in [3.05, 3.63) is 41.8 Å². The van der Waals surface area contributed by atoms with Gasteiger partial charge in [0.2, 0.25) is 0 Å². The summed E-state index contributed by atoms with van der Waals surface area (Å²) in [4.78, 5) is 11.6. The number of hydrogen-bond acceptors (Lipinski definition) is 3. The first kappa shape index (κ1) is 11.7. The zero-order valence-corrected chi connectivity index (χ0v) is 9.20. The van der Waals surface area contributed by atoms with Crippen molar-refractivity contribution in [1.29, 1.82) is 0 Å². The molecule has 1 rings (SSSR count). The van der Waals surface area contributed by atoms with Gasteiger partial charge < -0.3 is 4.74 Å². The fraction of sp³-hybridized carbons (Fsp3) is 0.182. The lowest BCUT2D eigenvalue weighted by Crippen LogP contribution is -1.99. The van der Waals surface area contributed by atoms with Gasteiger partial charge in [-0.25, -0.2) is 9.00 Å². The number of ether oxygens (including phenoxy) is 1. The fourth-order valence-corrected chi connectivity index (χ4v) is 1.76. The molecule has 4 heteroatoms. The molecular weight excluding hydrogens is 212 g/mol. The molecule has 15 heavy (non-hydrogen) atoms. The highest BCUT2D eigenvalue weighted by molar-refractivity contribution is 7.88. The van der Waals surface area contributed by atoms with E-state index in [1.807, 2.05) is 6.07 Å². The number of benzene rings is 1. The van der Waals surface area contributed by atoms with Crippen LogP contribution >= 0.6 is 0 Å². The van der Waals surface area contributed by atoms with Gasteiger partial charge in [-0.05, 0) is 19.1 Å². The van der Waals surface area contributed by atoms with E-state index in [2.05, 4.69) is 4.74 Å². The minimum Gasteiger partial charge on any atom is -0.463 e. The second-order valence-corrected chi connectivity index (χ2v) is 4.00. The number of carbonyl (C=O) groups excluding carboxylic acids is 1. The Hall–Kier alpha value is -1.42. The molecule has 0 aromatic heterocycles. The molecule has 0 aliphatic rings. The highest BCUT2D eigenvalue weighted by Crippen LogP contribution is 2.06. The van der Waals surface area contributed by atoms with Crippen LogP contribution in [-0.2, 0) is 20.3 Å². The maximum Gasteiger partial charge on any atom is 0.331 e. The van der Waals surface area contributed by atoms with Crippen LogP contribution in [0.5, 0.6) is 0 Å². The van der Waals surface area contributed by atoms with Crippen molar-refractivity contribution in [3.8, 4) is 0 Å². The average Bonchev–Trinajstić information content (AvgIpc) is 2.27. The number of hydrogen-bond donors (Lipinski definition) is 0. The van der Waals surface area contributed by atoms with Crippen LogP contribution in [0.1, 0.15) is 6.92 Å². The van der Waals surface area contributed by atoms with E-state index in [0.29, 0.717) is 11.5 Å². The minimum absolute atomic E-state index is 0.321. The van der Waals surface area contributed by atoms with E-state index in [-0.39, 0.29) is 0 Å². The van der Waals surface area contributed by atoms with Gasteiger partial charge >= 0.3 is 5.97 Å². The van der Waals surface area contributed by atoms with Crippen molar-refractivity contribution in [2.45, 2.75) is 11.8 Å². The van der Waals surface area contributed by atoms with Gasteiger partial charge in [0.05, 0.1) is 17.4 Å². The first-order chi connectivity index (χ1) is 7.24. The monoisotopic (exact) mass is 224 g/mol. The molecule has 0 heterocycles. The van der Waals surface area contributed by atoms with E-state index in [4.69, 9.17) is 0 Å². The Labute approximate surface area is 91.2 Å². The number of rotatable bonds is 4. The van der Waals surface area contributed by atoms with Crippen LogP contribution in [0.25, 0.3) is 0 Å². The summed E-state index contributed by atoms with van der Waals surface area (Å²) in [5, 5.41) is 1.33. The van der Waals surface area contributed by atoms with Crippen molar-refractivity contribution < 1.29 is 13.7 Å². The normalized spacial score (nSPS) is 12.6. The second kappa shape index (κ2) is 6.14. The largest absolute Gasteiger partial charge is 0.463 e. The standard InChI is InChI=1S/C11H12O3S/c1-2-14-11(12)8-9-15(13)10-6-4-3-5-7-10/h3-9H,2H2,1H3. The molecule has 0 spiro atoms. The van der Waals surface area contributed by atoms with Gasteiger partial charge in [0.1, 0.15) is 0 Å². The maximum atomic E-state index is 11.6. The molecule has 1 atom stereocenters. The summed E-state index contributed by atoms with van der Waals surface area (Å²) in [6.07, 6.45) is 1.19. The summed E-state index contributed by atoms with van der Waals surface area (Å²) < 4.78 is 16.2. The minimum atomic E-state index is -1.29. The van der Waals surface area contributed by atoms with E-state index in [1.54, 1.807) is 31.2 Å². The third-order valence-electron chi connectivity index (χ3n) is 1.59. The predicted octanol–water partition coefficient (Wildman–Crippen LogP) is 1.87. The van der Waals surface area contributed by atoms with Crippen LogP contribution < -0.4 is 0 Å². The topological polar surface area (TPSA) is 43.4 Å². The van der Waals surface area contributed by atoms with E-state index in [1.165, 1.54) is 11.5 Å². The molecule has 0 amide bonds. The van der Waals surface area contributed by atoms with E-state index < -0.39 is 16.8 Å². The lowest BCUT2D eigenvalue weighted by Gasteiger charge is -1.96. The summed E-state index contributed by atoms with van der Waals surface area (Å²) in [6, 6.07) is 8.92. The molecule has 0 aliphatic carbocycles. The third-order valence-corrected chi connectivity index (χ3v) is 2.71. The SMILES string of the molecule is CCOC(=O)C=CS(=O)c1ccccc1. The van der Waals surface area contributed by atoms with Gasteiger partial charge in [-0.2, -0.15) is 0 Å². The summed E-state index contributed by atoms with van der Waals surface area (Å²) in [7, 11) is -1.29. The highest BCUT2D eigenvalue weighted by Gasteiger charge is 1.99. The Morgan fingerprint density at radius 3 is 2.67 bits per heavy atom. The van der Waals surface area contributed by atoms with Crippen molar-refractivity contribution in [3.63, 3.8) is 0 Å². The zero-order chi connectivity index (χ0) is 11.1. The Bertz CT molecular complexity index is 371. The van der Waals surface area contributed by atoms with Gasteiger partial charge in [0.15, 0.2) is 0 Å². The lowest BCUT2D eigenvalue weighted by atomic mass is 10.4. The van der Waals surface area contributed by atoms with Crippen LogP contribution in [0, 0.1) is 0 Å². The summed E-state index contributed by atoms with van der Waals surface area (Å²) in [6.45, 7) is 2.04. The maximum absolute atomic E-state index is 11.6. The summed E-state index contributed by atoms with van der Waals surface area (Å²) >= 11 is 0. The van der Waals surface area contributed by atoms with Gasteiger partial charge in [-0.3, -0.25) is 0 Å². The van der Waals surface area contributed by atoms with Crippen molar-refractivity contribution >= 4 is 16.8 Å². The molecule has 3 nitrogen and oxygen atoms in total. The van der Waals surface area contributed by atoms with Crippen LogP contribution in [0.3, 0.4) is 0 Å². The zero-order valence-electron chi connectivity index (χ0n) is 8.38. The number of esters is 1. The summed E-state index contributed by atoms with van der Waals surface area (Å²) in [5.41, 5.74) is 0. The second-order valence-electron chi connectivity index (χ2n) is 2.67. The Morgan fingerprint density at radius 1 is 1.40 bits per heavy atom. The van der Waals surface area contributed by atoms with E-state index in [9.17, 15) is 9.00 Å².